The molecule has 5 heteroatoms. The van der Waals surface area contributed by atoms with E-state index in [9.17, 15) is 18.7 Å². The predicted octanol–water partition coefficient (Wildman–Crippen LogP) is 4.74. The summed E-state index contributed by atoms with van der Waals surface area (Å²) < 4.78 is 27.3. The fraction of sp³-hybridized carbons (Fsp3) is 0.650. The number of aliphatic carboxylic acids is 1. The monoisotopic (exact) mass is 353 g/mol. The minimum Gasteiger partial charge on any atom is -0.480 e. The molecule has 0 radical (unpaired) electrons. The Morgan fingerprint density at radius 2 is 1.84 bits per heavy atom. The lowest BCUT2D eigenvalue weighted by Crippen LogP contribution is -2.42. The van der Waals surface area contributed by atoms with Crippen molar-refractivity contribution >= 4 is 5.97 Å². The summed E-state index contributed by atoms with van der Waals surface area (Å²) in [6, 6.07) is 3.24. The molecule has 3 nitrogen and oxygen atoms in total. The summed E-state index contributed by atoms with van der Waals surface area (Å²) >= 11 is 0. The summed E-state index contributed by atoms with van der Waals surface area (Å²) in [5.41, 5.74) is 2.79. The van der Waals surface area contributed by atoms with E-state index < -0.39 is 24.5 Å². The average Bonchev–Trinajstić information content (AvgIpc) is 2.53. The van der Waals surface area contributed by atoms with Gasteiger partial charge in [-0.2, -0.15) is 0 Å². The number of fused-ring (bicyclic) bond motifs is 1. The maximum absolute atomic E-state index is 13.7. The molecule has 0 unspecified atom stereocenters. The van der Waals surface area contributed by atoms with Gasteiger partial charge in [0, 0.05) is 0 Å². The van der Waals surface area contributed by atoms with Gasteiger partial charge in [0.25, 0.3) is 6.43 Å². The van der Waals surface area contributed by atoms with Crippen LogP contribution in [0, 0.1) is 5.41 Å². The van der Waals surface area contributed by atoms with E-state index in [4.69, 9.17) is 0 Å². The Morgan fingerprint density at radius 3 is 2.40 bits per heavy atom. The van der Waals surface area contributed by atoms with Crippen LogP contribution in [0.15, 0.2) is 18.2 Å². The zero-order chi connectivity index (χ0) is 18.6. The highest BCUT2D eigenvalue weighted by Gasteiger charge is 2.30. The lowest BCUT2D eigenvalue weighted by Gasteiger charge is -2.27. The fourth-order valence-corrected chi connectivity index (χ4v) is 3.33. The van der Waals surface area contributed by atoms with Gasteiger partial charge in [0.1, 0.15) is 6.04 Å². The van der Waals surface area contributed by atoms with Crippen molar-refractivity contribution in [3.8, 4) is 0 Å². The summed E-state index contributed by atoms with van der Waals surface area (Å²) in [6.07, 6.45) is 2.43. The first kappa shape index (κ1) is 19.8. The van der Waals surface area contributed by atoms with Gasteiger partial charge in [-0.3, -0.25) is 10.1 Å². The van der Waals surface area contributed by atoms with Crippen LogP contribution in [0.3, 0.4) is 0 Å². The number of nitrogens with one attached hydrogen (secondary N) is 1. The number of hydrogen-bond acceptors (Lipinski definition) is 2. The number of carboxylic acid groups (broad SMARTS) is 1. The molecule has 0 saturated carbocycles. The van der Waals surface area contributed by atoms with E-state index >= 15 is 0 Å². The Morgan fingerprint density at radius 1 is 1.20 bits per heavy atom. The van der Waals surface area contributed by atoms with Gasteiger partial charge in [-0.05, 0) is 60.6 Å². The van der Waals surface area contributed by atoms with Crippen LogP contribution in [0.25, 0.3) is 0 Å². The van der Waals surface area contributed by atoms with Crippen molar-refractivity contribution in [3.05, 3.63) is 34.9 Å². The Kier molecular flexibility index (Phi) is 6.55. The standard InChI is InChI=1S/C20H29F2NO2/c1-20(2,3)11-10-16(19(24)25)23-17(18(21)22)15-9-8-13-6-4-5-7-14(13)12-15/h8-9,12,16-18,23H,4-7,10-11H2,1-3H3,(H,24,25)/t16-,17-/m0/s1. The van der Waals surface area contributed by atoms with E-state index in [1.807, 2.05) is 32.9 Å². The lowest BCUT2D eigenvalue weighted by atomic mass is 9.87. The van der Waals surface area contributed by atoms with Crippen molar-refractivity contribution < 1.29 is 18.7 Å². The first-order chi connectivity index (χ1) is 11.7. The van der Waals surface area contributed by atoms with Crippen LogP contribution in [-0.4, -0.2) is 23.5 Å². The van der Waals surface area contributed by atoms with Crippen LogP contribution in [0.5, 0.6) is 0 Å². The Hall–Kier alpha value is -1.49. The number of aryl methyl sites for hydroxylation is 2. The van der Waals surface area contributed by atoms with Gasteiger partial charge in [0.05, 0.1) is 6.04 Å². The normalized spacial score (nSPS) is 17.2. The van der Waals surface area contributed by atoms with Crippen molar-refractivity contribution in [1.29, 1.82) is 0 Å². The molecule has 0 bridgehead atoms. The average molecular weight is 353 g/mol. The second-order valence-corrected chi connectivity index (χ2v) is 8.20. The van der Waals surface area contributed by atoms with Crippen LogP contribution >= 0.6 is 0 Å². The summed E-state index contributed by atoms with van der Waals surface area (Å²) in [5.74, 6) is -1.08. The number of carboxylic acids is 1. The summed E-state index contributed by atoms with van der Waals surface area (Å²) in [7, 11) is 0. The molecule has 1 aliphatic carbocycles. The van der Waals surface area contributed by atoms with Crippen LogP contribution < -0.4 is 5.32 Å². The molecule has 2 N–H and O–H groups in total. The molecule has 1 aromatic carbocycles. The van der Waals surface area contributed by atoms with Gasteiger partial charge >= 0.3 is 5.97 Å². The molecule has 0 aromatic heterocycles. The van der Waals surface area contributed by atoms with Gasteiger partial charge in [-0.15, -0.1) is 0 Å². The van der Waals surface area contributed by atoms with Gasteiger partial charge in [-0.25, -0.2) is 8.78 Å². The fourth-order valence-electron chi connectivity index (χ4n) is 3.33. The number of alkyl halides is 2. The minimum absolute atomic E-state index is 0.0402. The van der Waals surface area contributed by atoms with Crippen LogP contribution in [0.1, 0.15) is 69.2 Å². The second-order valence-electron chi connectivity index (χ2n) is 8.20. The molecule has 0 heterocycles. The Bertz CT molecular complexity index is 596. The highest BCUT2D eigenvalue weighted by Crippen LogP contribution is 2.29. The molecule has 25 heavy (non-hydrogen) atoms. The van der Waals surface area contributed by atoms with E-state index in [1.165, 1.54) is 5.56 Å². The molecular formula is C20H29F2NO2. The van der Waals surface area contributed by atoms with Crippen molar-refractivity contribution in [2.75, 3.05) is 0 Å². The van der Waals surface area contributed by atoms with E-state index in [1.54, 1.807) is 6.07 Å². The summed E-state index contributed by atoms with van der Waals surface area (Å²) in [4.78, 5) is 11.5. The zero-order valence-corrected chi connectivity index (χ0v) is 15.3. The number of benzene rings is 1. The number of hydrogen-bond donors (Lipinski definition) is 2. The number of halogens is 2. The number of rotatable bonds is 7. The molecule has 2 atom stereocenters. The smallest absolute Gasteiger partial charge is 0.320 e. The van der Waals surface area contributed by atoms with Gasteiger partial charge in [0.2, 0.25) is 0 Å². The molecule has 0 amide bonds. The highest BCUT2D eigenvalue weighted by atomic mass is 19.3. The SMILES string of the molecule is CC(C)(C)CC[C@H](N[C@@H](c1ccc2c(c1)CCCC2)C(F)F)C(=O)O. The van der Waals surface area contributed by atoms with Gasteiger partial charge in [0.15, 0.2) is 0 Å². The van der Waals surface area contributed by atoms with E-state index in [2.05, 4.69) is 5.32 Å². The van der Waals surface area contributed by atoms with Crippen LogP contribution in [-0.2, 0) is 17.6 Å². The van der Waals surface area contributed by atoms with E-state index in [0.717, 1.165) is 31.2 Å². The minimum atomic E-state index is -2.65. The van der Waals surface area contributed by atoms with E-state index in [0.29, 0.717) is 18.4 Å². The third kappa shape index (κ3) is 5.77. The molecule has 0 spiro atoms. The molecular weight excluding hydrogens is 324 g/mol. The Balaban J connectivity index is 2.17. The largest absolute Gasteiger partial charge is 0.480 e. The van der Waals surface area contributed by atoms with Crippen LogP contribution in [0.2, 0.25) is 0 Å². The van der Waals surface area contributed by atoms with Crippen LogP contribution in [0.4, 0.5) is 8.78 Å². The molecule has 0 aliphatic heterocycles. The first-order valence-corrected chi connectivity index (χ1v) is 9.06. The molecule has 2 rings (SSSR count). The second kappa shape index (κ2) is 8.26. The maximum Gasteiger partial charge on any atom is 0.320 e. The maximum atomic E-state index is 13.7. The summed E-state index contributed by atoms with van der Waals surface area (Å²) in [6.45, 7) is 6.04. The van der Waals surface area contributed by atoms with Crippen molar-refractivity contribution in [2.45, 2.75) is 77.8 Å². The van der Waals surface area contributed by atoms with Crippen molar-refractivity contribution in [1.82, 2.24) is 5.32 Å². The Labute approximate surface area is 148 Å². The first-order valence-electron chi connectivity index (χ1n) is 9.06. The predicted molar refractivity (Wildman–Crippen MR) is 95.1 cm³/mol. The van der Waals surface area contributed by atoms with Crippen molar-refractivity contribution in [3.63, 3.8) is 0 Å². The van der Waals surface area contributed by atoms with Gasteiger partial charge < -0.3 is 5.11 Å². The molecule has 0 fully saturated rings. The molecule has 1 aromatic rings. The van der Waals surface area contributed by atoms with Crippen molar-refractivity contribution in [2.24, 2.45) is 5.41 Å². The third-order valence-corrected chi connectivity index (χ3v) is 4.85. The lowest BCUT2D eigenvalue weighted by molar-refractivity contribution is -0.140. The number of carbonyl (C=O) groups is 1. The quantitative estimate of drug-likeness (QED) is 0.744. The topological polar surface area (TPSA) is 49.3 Å². The third-order valence-electron chi connectivity index (χ3n) is 4.85. The molecule has 1 aliphatic rings. The summed E-state index contributed by atoms with van der Waals surface area (Å²) in [5, 5.41) is 12.1. The zero-order valence-electron chi connectivity index (χ0n) is 15.3. The van der Waals surface area contributed by atoms with Gasteiger partial charge in [-0.1, -0.05) is 39.0 Å². The highest BCUT2D eigenvalue weighted by molar-refractivity contribution is 5.73. The molecule has 140 valence electrons. The molecule has 0 saturated heterocycles. The van der Waals surface area contributed by atoms with E-state index in [-0.39, 0.29) is 5.41 Å².